The van der Waals surface area contributed by atoms with Gasteiger partial charge in [0.15, 0.2) is 17.5 Å². The minimum absolute atomic E-state index is 0.339. The highest BCUT2D eigenvalue weighted by Gasteiger charge is 2.10. The highest BCUT2D eigenvalue weighted by atomic mass is 16.5. The number of aromatic nitrogens is 1. The predicted octanol–water partition coefficient (Wildman–Crippen LogP) is 0.935. The van der Waals surface area contributed by atoms with Gasteiger partial charge in [-0.15, -0.1) is 0 Å². The minimum Gasteiger partial charge on any atom is -0.494 e. The highest BCUT2D eigenvalue weighted by Crippen LogP contribution is 2.25. The molecule has 0 aliphatic heterocycles. The molecule has 0 aliphatic rings. The molecule has 0 bridgehead atoms. The van der Waals surface area contributed by atoms with E-state index in [0.717, 1.165) is 0 Å². The van der Waals surface area contributed by atoms with Crippen LogP contribution >= 0.6 is 0 Å². The van der Waals surface area contributed by atoms with E-state index in [1.807, 2.05) is 0 Å². The van der Waals surface area contributed by atoms with Gasteiger partial charge in [0.2, 0.25) is 5.91 Å². The summed E-state index contributed by atoms with van der Waals surface area (Å²) in [4.78, 5) is 14.9. The normalized spacial score (nSPS) is 10.4. The second kappa shape index (κ2) is 3.02. The Kier molecular flexibility index (Phi) is 1.85. The molecular weight excluding hydrogens is 184 g/mol. The van der Waals surface area contributed by atoms with Crippen LogP contribution in [0.15, 0.2) is 22.9 Å². The minimum atomic E-state index is -0.526. The van der Waals surface area contributed by atoms with E-state index in [4.69, 9.17) is 14.9 Å². The molecule has 0 radical (unpaired) electrons. The number of nitrogens with zero attached hydrogens (tertiary/aromatic N) is 1. The smallest absolute Gasteiger partial charge is 0.248 e. The van der Waals surface area contributed by atoms with Gasteiger partial charge in [-0.2, -0.15) is 0 Å². The molecule has 14 heavy (non-hydrogen) atoms. The quantitative estimate of drug-likeness (QED) is 0.767. The molecule has 1 aromatic heterocycles. The van der Waals surface area contributed by atoms with E-state index in [2.05, 4.69) is 4.98 Å². The zero-order chi connectivity index (χ0) is 10.1. The monoisotopic (exact) mass is 192 g/mol. The number of hydrogen-bond donors (Lipinski definition) is 1. The van der Waals surface area contributed by atoms with Crippen molar-refractivity contribution in [2.75, 3.05) is 7.11 Å². The number of hydrogen-bond acceptors (Lipinski definition) is 4. The average molecular weight is 192 g/mol. The van der Waals surface area contributed by atoms with Crippen molar-refractivity contribution in [1.82, 2.24) is 4.98 Å². The van der Waals surface area contributed by atoms with Gasteiger partial charge in [0.1, 0.15) is 5.75 Å². The number of methoxy groups -OCH3 is 1. The molecule has 0 fully saturated rings. The molecule has 0 atom stereocenters. The Labute approximate surface area is 79.5 Å². The number of amides is 1. The van der Waals surface area contributed by atoms with Gasteiger partial charge in [-0.3, -0.25) is 4.79 Å². The number of fused-ring (bicyclic) bond motifs is 1. The zero-order valence-corrected chi connectivity index (χ0v) is 7.48. The fourth-order valence-corrected chi connectivity index (χ4v) is 1.23. The Hall–Kier alpha value is -2.04. The Morgan fingerprint density at radius 1 is 1.57 bits per heavy atom. The predicted molar refractivity (Wildman–Crippen MR) is 49.1 cm³/mol. The number of benzene rings is 1. The summed E-state index contributed by atoms with van der Waals surface area (Å²) >= 11 is 0. The number of ether oxygens (including phenoxy) is 1. The molecule has 1 aromatic carbocycles. The second-order valence-corrected chi connectivity index (χ2v) is 2.74. The van der Waals surface area contributed by atoms with Crippen LogP contribution in [0.2, 0.25) is 0 Å². The Balaban J connectivity index is 2.73. The summed E-state index contributed by atoms with van der Waals surface area (Å²) in [5.74, 6) is -0.0494. The fraction of sp³-hybridized carbons (Fsp3) is 0.111. The van der Waals surface area contributed by atoms with Gasteiger partial charge in [-0.05, 0) is 12.1 Å². The third-order valence-corrected chi connectivity index (χ3v) is 1.91. The lowest BCUT2D eigenvalue weighted by Gasteiger charge is -2.01. The van der Waals surface area contributed by atoms with Crippen molar-refractivity contribution in [3.63, 3.8) is 0 Å². The molecule has 0 aliphatic carbocycles. The van der Waals surface area contributed by atoms with Crippen LogP contribution < -0.4 is 10.5 Å². The molecule has 1 amide bonds. The highest BCUT2D eigenvalue weighted by molar-refractivity contribution is 5.97. The molecule has 0 saturated carbocycles. The second-order valence-electron chi connectivity index (χ2n) is 2.74. The molecule has 0 saturated heterocycles. The summed E-state index contributed by atoms with van der Waals surface area (Å²) in [6.45, 7) is 0. The first kappa shape index (κ1) is 8.55. The van der Waals surface area contributed by atoms with Crippen LogP contribution in [-0.2, 0) is 0 Å². The van der Waals surface area contributed by atoms with Gasteiger partial charge < -0.3 is 14.9 Å². The van der Waals surface area contributed by atoms with Crippen molar-refractivity contribution in [3.05, 3.63) is 24.1 Å². The van der Waals surface area contributed by atoms with E-state index in [0.29, 0.717) is 22.4 Å². The maximum Gasteiger partial charge on any atom is 0.248 e. The molecule has 1 heterocycles. The number of rotatable bonds is 2. The summed E-state index contributed by atoms with van der Waals surface area (Å²) in [5.41, 5.74) is 6.54. The lowest BCUT2D eigenvalue weighted by molar-refractivity contribution is 0.1000. The molecule has 72 valence electrons. The lowest BCUT2D eigenvalue weighted by atomic mass is 10.2. The molecule has 2 rings (SSSR count). The zero-order valence-electron chi connectivity index (χ0n) is 7.48. The van der Waals surface area contributed by atoms with Gasteiger partial charge in [0.25, 0.3) is 0 Å². The number of carbonyl (C=O) groups is 1. The summed E-state index contributed by atoms with van der Waals surface area (Å²) < 4.78 is 10.1. The van der Waals surface area contributed by atoms with Crippen LogP contribution in [0, 0.1) is 0 Å². The van der Waals surface area contributed by atoms with Crippen LogP contribution in [0.1, 0.15) is 10.4 Å². The number of primary amides is 1. The number of carbonyl (C=O) groups excluding carboxylic acids is 1. The molecule has 5 heteroatoms. The maximum atomic E-state index is 10.9. The van der Waals surface area contributed by atoms with Gasteiger partial charge in [-0.1, -0.05) is 0 Å². The van der Waals surface area contributed by atoms with Crippen molar-refractivity contribution in [3.8, 4) is 5.75 Å². The molecule has 5 nitrogen and oxygen atoms in total. The van der Waals surface area contributed by atoms with Crippen LogP contribution in [0.4, 0.5) is 0 Å². The average Bonchev–Trinajstić information content (AvgIpc) is 2.63. The van der Waals surface area contributed by atoms with Gasteiger partial charge >= 0.3 is 0 Å². The van der Waals surface area contributed by atoms with Crippen LogP contribution in [0.5, 0.6) is 5.75 Å². The third kappa shape index (κ3) is 1.19. The van der Waals surface area contributed by atoms with Crippen molar-refractivity contribution < 1.29 is 13.9 Å². The molecule has 2 aromatic rings. The van der Waals surface area contributed by atoms with Crippen molar-refractivity contribution in [2.24, 2.45) is 5.73 Å². The van der Waals surface area contributed by atoms with E-state index >= 15 is 0 Å². The summed E-state index contributed by atoms with van der Waals surface area (Å²) in [6, 6.07) is 3.07. The Morgan fingerprint density at radius 3 is 3.00 bits per heavy atom. The van der Waals surface area contributed by atoms with Gasteiger partial charge in [0, 0.05) is 5.56 Å². The first-order chi connectivity index (χ1) is 6.72. The Bertz CT molecular complexity index is 490. The summed E-state index contributed by atoms with van der Waals surface area (Å²) in [6.07, 6.45) is 1.29. The van der Waals surface area contributed by atoms with E-state index in [9.17, 15) is 4.79 Å². The van der Waals surface area contributed by atoms with Gasteiger partial charge in [0.05, 0.1) is 7.11 Å². The van der Waals surface area contributed by atoms with E-state index in [1.165, 1.54) is 25.6 Å². The summed E-state index contributed by atoms with van der Waals surface area (Å²) in [5, 5.41) is 0. The topological polar surface area (TPSA) is 78.4 Å². The van der Waals surface area contributed by atoms with Gasteiger partial charge in [-0.25, -0.2) is 4.98 Å². The fourth-order valence-electron chi connectivity index (χ4n) is 1.23. The van der Waals surface area contributed by atoms with Crippen molar-refractivity contribution in [1.29, 1.82) is 0 Å². The largest absolute Gasteiger partial charge is 0.494 e. The van der Waals surface area contributed by atoms with Crippen LogP contribution in [0.3, 0.4) is 0 Å². The van der Waals surface area contributed by atoms with E-state index in [1.54, 1.807) is 0 Å². The molecule has 0 spiro atoms. The standard InChI is InChI=1S/C9H8N2O3/c1-13-6-2-5(9(10)12)3-7-8(6)11-4-14-7/h2-4H,1H3,(H2,10,12). The van der Waals surface area contributed by atoms with Crippen LogP contribution in [0.25, 0.3) is 11.1 Å². The summed E-state index contributed by atoms with van der Waals surface area (Å²) in [7, 11) is 1.49. The SMILES string of the molecule is COc1cc(C(N)=O)cc2ocnc12. The van der Waals surface area contributed by atoms with E-state index < -0.39 is 5.91 Å². The molecule has 2 N–H and O–H groups in total. The number of nitrogens with two attached hydrogens (primary N) is 1. The molecular formula is C9H8N2O3. The first-order valence-corrected chi connectivity index (χ1v) is 3.93. The number of oxazole rings is 1. The van der Waals surface area contributed by atoms with E-state index in [-0.39, 0.29) is 0 Å². The maximum absolute atomic E-state index is 10.9. The molecule has 0 unspecified atom stereocenters. The van der Waals surface area contributed by atoms with Crippen LogP contribution in [-0.4, -0.2) is 18.0 Å². The Morgan fingerprint density at radius 2 is 2.36 bits per heavy atom. The third-order valence-electron chi connectivity index (χ3n) is 1.91. The van der Waals surface area contributed by atoms with Crippen molar-refractivity contribution in [2.45, 2.75) is 0 Å². The van der Waals surface area contributed by atoms with Crippen molar-refractivity contribution >= 4 is 17.0 Å². The lowest BCUT2D eigenvalue weighted by Crippen LogP contribution is -2.10. The first-order valence-electron chi connectivity index (χ1n) is 3.93.